The van der Waals surface area contributed by atoms with Gasteiger partial charge in [-0.3, -0.25) is 0 Å². The molecule has 0 nitrogen and oxygen atoms in total. The molecule has 0 bridgehead atoms. The molecule has 114 valence electrons. The molecule has 2 aromatic carbocycles. The summed E-state index contributed by atoms with van der Waals surface area (Å²) in [6.07, 6.45) is 8.37. The van der Waals surface area contributed by atoms with E-state index < -0.39 is 0 Å². The lowest BCUT2D eigenvalue weighted by Gasteiger charge is -2.35. The number of hydrogen-bond donors (Lipinski definition) is 0. The lowest BCUT2D eigenvalue weighted by Crippen LogP contribution is -2.33. The van der Waals surface area contributed by atoms with Crippen molar-refractivity contribution in [2.75, 3.05) is 5.75 Å². The van der Waals surface area contributed by atoms with Crippen molar-refractivity contribution in [2.45, 2.75) is 48.8 Å². The molecule has 0 saturated heterocycles. The van der Waals surface area contributed by atoms with E-state index in [9.17, 15) is 0 Å². The zero-order chi connectivity index (χ0) is 14.8. The van der Waals surface area contributed by atoms with Gasteiger partial charge in [-0.25, -0.2) is 0 Å². The quantitative estimate of drug-likeness (QED) is 0.641. The molecule has 1 heteroatoms. The Morgan fingerprint density at radius 2 is 1.73 bits per heavy atom. The van der Waals surface area contributed by atoms with E-state index in [0.717, 1.165) is 5.92 Å². The molecule has 2 aliphatic rings. The standard InChI is InChI=1S/C21H24S/c1-4-11-19(12-5-1)22-16-21-14-8-2-3-10-18(21)15-17-9-6-7-13-20(17)21/h1,4-7,9,11-13,18H,2-3,8,10,14-16H2/t18?,21-/m0/s1. The van der Waals surface area contributed by atoms with Gasteiger partial charge in [0.1, 0.15) is 0 Å². The summed E-state index contributed by atoms with van der Waals surface area (Å²) < 4.78 is 0. The molecule has 0 radical (unpaired) electrons. The molecule has 4 rings (SSSR count). The first-order chi connectivity index (χ1) is 10.9. The van der Waals surface area contributed by atoms with E-state index in [0.29, 0.717) is 5.41 Å². The highest BCUT2D eigenvalue weighted by molar-refractivity contribution is 7.99. The van der Waals surface area contributed by atoms with E-state index in [4.69, 9.17) is 0 Å². The molecule has 0 heterocycles. The molecule has 1 fully saturated rings. The van der Waals surface area contributed by atoms with Gasteiger partial charge in [0, 0.05) is 16.1 Å². The van der Waals surface area contributed by atoms with Crippen LogP contribution in [0, 0.1) is 5.92 Å². The van der Waals surface area contributed by atoms with E-state index in [1.807, 2.05) is 0 Å². The van der Waals surface area contributed by atoms with Gasteiger partial charge in [-0.15, -0.1) is 11.8 Å². The Kier molecular flexibility index (Phi) is 4.00. The molecular weight excluding hydrogens is 284 g/mol. The SMILES string of the molecule is c1ccc(SC[C@@]23CCCCCC2Cc2ccccc23)cc1. The highest BCUT2D eigenvalue weighted by atomic mass is 32.2. The predicted molar refractivity (Wildman–Crippen MR) is 95.6 cm³/mol. The summed E-state index contributed by atoms with van der Waals surface area (Å²) in [6.45, 7) is 0. The Morgan fingerprint density at radius 3 is 2.64 bits per heavy atom. The van der Waals surface area contributed by atoms with Gasteiger partial charge in [-0.05, 0) is 48.4 Å². The fourth-order valence-corrected chi connectivity index (χ4v) is 5.90. The summed E-state index contributed by atoms with van der Waals surface area (Å²) in [7, 11) is 0. The number of rotatable bonds is 3. The monoisotopic (exact) mass is 308 g/mol. The zero-order valence-electron chi connectivity index (χ0n) is 13.1. The third-order valence-corrected chi connectivity index (χ3v) is 6.98. The Morgan fingerprint density at radius 1 is 0.909 bits per heavy atom. The van der Waals surface area contributed by atoms with Crippen molar-refractivity contribution in [1.82, 2.24) is 0 Å². The summed E-state index contributed by atoms with van der Waals surface area (Å²) in [5.74, 6) is 2.11. The van der Waals surface area contributed by atoms with E-state index in [-0.39, 0.29) is 0 Å². The van der Waals surface area contributed by atoms with Crippen molar-refractivity contribution in [1.29, 1.82) is 0 Å². The van der Waals surface area contributed by atoms with E-state index in [1.165, 1.54) is 49.2 Å². The third-order valence-electron chi connectivity index (χ3n) is 5.72. The Hall–Kier alpha value is -1.21. The van der Waals surface area contributed by atoms with Crippen LogP contribution in [0.5, 0.6) is 0 Å². The maximum atomic E-state index is 2.42. The number of thioether (sulfide) groups is 1. The van der Waals surface area contributed by atoms with Crippen LogP contribution in [0.15, 0.2) is 59.5 Å². The Bertz CT molecular complexity index is 633. The van der Waals surface area contributed by atoms with Crippen molar-refractivity contribution < 1.29 is 0 Å². The van der Waals surface area contributed by atoms with Crippen LogP contribution in [0.1, 0.15) is 43.2 Å². The molecule has 0 aliphatic heterocycles. The van der Waals surface area contributed by atoms with E-state index in [2.05, 4.69) is 66.4 Å². The lowest BCUT2D eigenvalue weighted by atomic mass is 9.73. The first kappa shape index (κ1) is 14.4. The summed E-state index contributed by atoms with van der Waals surface area (Å²) in [5, 5.41) is 0. The second-order valence-electron chi connectivity index (χ2n) is 6.92. The van der Waals surface area contributed by atoms with Crippen molar-refractivity contribution >= 4 is 11.8 Å². The van der Waals surface area contributed by atoms with E-state index in [1.54, 1.807) is 11.1 Å². The summed E-state index contributed by atoms with van der Waals surface area (Å²) in [4.78, 5) is 1.42. The van der Waals surface area contributed by atoms with Gasteiger partial charge in [0.15, 0.2) is 0 Å². The fourth-order valence-electron chi connectivity index (χ4n) is 4.59. The van der Waals surface area contributed by atoms with Crippen LogP contribution in [-0.2, 0) is 11.8 Å². The highest BCUT2D eigenvalue weighted by Crippen LogP contribution is 2.52. The maximum absolute atomic E-state index is 2.42. The van der Waals surface area contributed by atoms with Gasteiger partial charge in [0.25, 0.3) is 0 Å². The highest BCUT2D eigenvalue weighted by Gasteiger charge is 2.46. The minimum atomic E-state index is 0.424. The average Bonchev–Trinajstić information content (AvgIpc) is 2.73. The molecule has 2 aromatic rings. The number of hydrogen-bond acceptors (Lipinski definition) is 1. The first-order valence-electron chi connectivity index (χ1n) is 8.65. The lowest BCUT2D eigenvalue weighted by molar-refractivity contribution is 0.307. The first-order valence-corrected chi connectivity index (χ1v) is 9.63. The summed E-state index contributed by atoms with van der Waals surface area (Å²) >= 11 is 2.07. The van der Waals surface area contributed by atoms with E-state index >= 15 is 0 Å². The normalized spacial score (nSPS) is 27.0. The van der Waals surface area contributed by atoms with Crippen LogP contribution in [-0.4, -0.2) is 5.75 Å². The van der Waals surface area contributed by atoms with Crippen molar-refractivity contribution in [3.8, 4) is 0 Å². The summed E-state index contributed by atoms with van der Waals surface area (Å²) in [6, 6.07) is 20.2. The molecule has 2 atom stereocenters. The number of benzene rings is 2. The van der Waals surface area contributed by atoms with Gasteiger partial charge in [-0.1, -0.05) is 61.7 Å². The van der Waals surface area contributed by atoms with Gasteiger partial charge >= 0.3 is 0 Å². The summed E-state index contributed by atoms with van der Waals surface area (Å²) in [5.41, 5.74) is 3.72. The second kappa shape index (κ2) is 6.12. The molecule has 0 spiro atoms. The van der Waals surface area contributed by atoms with Gasteiger partial charge in [-0.2, -0.15) is 0 Å². The second-order valence-corrected chi connectivity index (χ2v) is 7.96. The van der Waals surface area contributed by atoms with Crippen LogP contribution in [0.2, 0.25) is 0 Å². The zero-order valence-corrected chi connectivity index (χ0v) is 13.9. The van der Waals surface area contributed by atoms with Crippen molar-refractivity contribution in [2.24, 2.45) is 5.92 Å². The smallest absolute Gasteiger partial charge is 0.00811 e. The van der Waals surface area contributed by atoms with Crippen LogP contribution in [0.3, 0.4) is 0 Å². The molecule has 1 saturated carbocycles. The molecule has 22 heavy (non-hydrogen) atoms. The minimum Gasteiger partial charge on any atom is -0.125 e. The maximum Gasteiger partial charge on any atom is 0.00811 e. The molecule has 2 aliphatic carbocycles. The topological polar surface area (TPSA) is 0 Å². The average molecular weight is 308 g/mol. The van der Waals surface area contributed by atoms with Crippen LogP contribution < -0.4 is 0 Å². The molecule has 1 unspecified atom stereocenters. The van der Waals surface area contributed by atoms with Gasteiger partial charge in [0.2, 0.25) is 0 Å². The van der Waals surface area contributed by atoms with Crippen LogP contribution in [0.25, 0.3) is 0 Å². The van der Waals surface area contributed by atoms with Crippen molar-refractivity contribution in [3.05, 3.63) is 65.7 Å². The molecule has 0 N–H and O–H groups in total. The Balaban J connectivity index is 1.67. The molecule has 0 aromatic heterocycles. The van der Waals surface area contributed by atoms with Crippen LogP contribution >= 0.6 is 11.8 Å². The number of fused-ring (bicyclic) bond motifs is 3. The molecular formula is C21H24S. The van der Waals surface area contributed by atoms with Crippen molar-refractivity contribution in [3.63, 3.8) is 0 Å². The predicted octanol–water partition coefficient (Wildman–Crippen LogP) is 5.85. The van der Waals surface area contributed by atoms with Gasteiger partial charge in [0.05, 0.1) is 0 Å². The molecule has 0 amide bonds. The van der Waals surface area contributed by atoms with Crippen LogP contribution in [0.4, 0.5) is 0 Å². The Labute approximate surface area is 138 Å². The minimum absolute atomic E-state index is 0.424. The fraction of sp³-hybridized carbons (Fsp3) is 0.429. The third kappa shape index (κ3) is 2.50. The largest absolute Gasteiger partial charge is 0.125 e. The van der Waals surface area contributed by atoms with Gasteiger partial charge < -0.3 is 0 Å².